The maximum absolute atomic E-state index is 4.54. The summed E-state index contributed by atoms with van der Waals surface area (Å²) in [5, 5.41) is 7.61. The van der Waals surface area contributed by atoms with E-state index in [9.17, 15) is 0 Å². The molecule has 2 heterocycles. The zero-order chi connectivity index (χ0) is 12.3. The molecule has 0 aliphatic rings. The van der Waals surface area contributed by atoms with E-state index < -0.39 is 0 Å². The Hall–Kier alpha value is -1.68. The summed E-state index contributed by atoms with van der Waals surface area (Å²) in [4.78, 5) is 4.54. The number of hydrogen-bond donors (Lipinski definition) is 1. The van der Waals surface area contributed by atoms with Crippen molar-refractivity contribution in [2.24, 2.45) is 0 Å². The quantitative estimate of drug-likeness (QED) is 0.874. The molecular weight excluding hydrogens is 212 g/mol. The van der Waals surface area contributed by atoms with Gasteiger partial charge in [0.1, 0.15) is 0 Å². The average Bonchev–Trinajstić information content (AvgIpc) is 2.79. The largest absolute Gasteiger partial charge is 0.314 e. The molecule has 0 fully saturated rings. The Morgan fingerprint density at radius 3 is 2.76 bits per heavy atom. The van der Waals surface area contributed by atoms with E-state index in [1.54, 1.807) is 0 Å². The van der Waals surface area contributed by atoms with Crippen LogP contribution in [0.1, 0.15) is 31.2 Å². The van der Waals surface area contributed by atoms with Gasteiger partial charge in [0.15, 0.2) is 5.82 Å². The highest BCUT2D eigenvalue weighted by atomic mass is 15.3. The highest BCUT2D eigenvalue weighted by Gasteiger charge is 2.05. The van der Waals surface area contributed by atoms with Crippen molar-refractivity contribution in [3.63, 3.8) is 0 Å². The van der Waals surface area contributed by atoms with Gasteiger partial charge < -0.3 is 5.32 Å². The van der Waals surface area contributed by atoms with Gasteiger partial charge in [-0.1, -0.05) is 19.9 Å². The molecule has 90 valence electrons. The van der Waals surface area contributed by atoms with Crippen molar-refractivity contribution >= 4 is 0 Å². The molecule has 0 spiro atoms. The fraction of sp³-hybridized carbons (Fsp3) is 0.385. The van der Waals surface area contributed by atoms with E-state index in [0.29, 0.717) is 5.92 Å². The number of rotatable bonds is 4. The van der Waals surface area contributed by atoms with E-state index in [-0.39, 0.29) is 0 Å². The van der Waals surface area contributed by atoms with Gasteiger partial charge in [0.2, 0.25) is 0 Å². The first-order valence-electron chi connectivity index (χ1n) is 5.87. The fourth-order valence-corrected chi connectivity index (χ4v) is 1.65. The minimum atomic E-state index is 0.441. The lowest BCUT2D eigenvalue weighted by molar-refractivity contribution is 0.742. The molecule has 2 aromatic rings. The summed E-state index contributed by atoms with van der Waals surface area (Å²) in [6, 6.07) is 8.02. The van der Waals surface area contributed by atoms with E-state index in [1.807, 2.05) is 42.2 Å². The molecule has 0 amide bonds. The van der Waals surface area contributed by atoms with Crippen molar-refractivity contribution in [1.29, 1.82) is 0 Å². The van der Waals surface area contributed by atoms with Crippen LogP contribution in [-0.4, -0.2) is 21.8 Å². The number of pyridine rings is 1. The molecule has 0 aromatic carbocycles. The third kappa shape index (κ3) is 2.71. The maximum Gasteiger partial charge on any atom is 0.153 e. The molecule has 4 nitrogen and oxygen atoms in total. The number of hydrogen-bond acceptors (Lipinski definition) is 3. The summed E-state index contributed by atoms with van der Waals surface area (Å²) in [7, 11) is 1.92. The lowest BCUT2D eigenvalue weighted by Crippen LogP contribution is -2.09. The van der Waals surface area contributed by atoms with Crippen LogP contribution in [-0.2, 0) is 6.54 Å². The van der Waals surface area contributed by atoms with Crippen LogP contribution in [0.5, 0.6) is 0 Å². The monoisotopic (exact) mass is 230 g/mol. The molecular formula is C13H18N4. The van der Waals surface area contributed by atoms with Gasteiger partial charge in [-0.05, 0) is 31.2 Å². The standard InChI is InChI=1S/C13H18N4/c1-10(2)12-7-8-17(16-12)13-6-4-5-11(15-13)9-14-3/h4-8,10,14H,9H2,1-3H3. The van der Waals surface area contributed by atoms with E-state index in [2.05, 4.69) is 29.2 Å². The van der Waals surface area contributed by atoms with Crippen LogP contribution < -0.4 is 5.32 Å². The normalized spacial score (nSPS) is 11.1. The molecule has 0 radical (unpaired) electrons. The van der Waals surface area contributed by atoms with Crippen LogP contribution in [0.3, 0.4) is 0 Å². The number of nitrogens with one attached hydrogen (secondary N) is 1. The third-order valence-electron chi connectivity index (χ3n) is 2.59. The van der Waals surface area contributed by atoms with Crippen molar-refractivity contribution in [2.75, 3.05) is 7.05 Å². The molecule has 0 aliphatic heterocycles. The average molecular weight is 230 g/mol. The molecule has 0 unspecified atom stereocenters. The lowest BCUT2D eigenvalue weighted by atomic mass is 10.1. The first kappa shape index (κ1) is 11.8. The van der Waals surface area contributed by atoms with Gasteiger partial charge in [-0.15, -0.1) is 0 Å². The fourth-order valence-electron chi connectivity index (χ4n) is 1.65. The Morgan fingerprint density at radius 2 is 2.12 bits per heavy atom. The van der Waals surface area contributed by atoms with E-state index in [1.165, 1.54) is 0 Å². The highest BCUT2D eigenvalue weighted by Crippen LogP contribution is 2.13. The van der Waals surface area contributed by atoms with Crippen LogP contribution in [0, 0.1) is 0 Å². The van der Waals surface area contributed by atoms with Crippen molar-refractivity contribution in [2.45, 2.75) is 26.3 Å². The van der Waals surface area contributed by atoms with Crippen LogP contribution in [0.25, 0.3) is 5.82 Å². The SMILES string of the molecule is CNCc1cccc(-n2ccc(C(C)C)n2)n1. The molecule has 0 bridgehead atoms. The topological polar surface area (TPSA) is 42.7 Å². The van der Waals surface area contributed by atoms with Crippen LogP contribution in [0.2, 0.25) is 0 Å². The van der Waals surface area contributed by atoms with Crippen molar-refractivity contribution in [3.05, 3.63) is 41.9 Å². The summed E-state index contributed by atoms with van der Waals surface area (Å²) in [5.41, 5.74) is 2.11. The Kier molecular flexibility index (Phi) is 3.54. The lowest BCUT2D eigenvalue weighted by Gasteiger charge is -2.04. The van der Waals surface area contributed by atoms with Gasteiger partial charge in [-0.3, -0.25) is 0 Å². The van der Waals surface area contributed by atoms with Gasteiger partial charge >= 0.3 is 0 Å². The first-order chi connectivity index (χ1) is 8.20. The predicted molar refractivity (Wildman–Crippen MR) is 68.2 cm³/mol. The van der Waals surface area contributed by atoms with Gasteiger partial charge in [-0.2, -0.15) is 5.10 Å². The summed E-state index contributed by atoms with van der Waals surface area (Å²) in [6.45, 7) is 5.04. The maximum atomic E-state index is 4.54. The summed E-state index contributed by atoms with van der Waals surface area (Å²) >= 11 is 0. The van der Waals surface area contributed by atoms with Crippen LogP contribution >= 0.6 is 0 Å². The highest BCUT2D eigenvalue weighted by molar-refractivity contribution is 5.24. The van der Waals surface area contributed by atoms with Gasteiger partial charge in [0.05, 0.1) is 11.4 Å². The second kappa shape index (κ2) is 5.10. The zero-order valence-electron chi connectivity index (χ0n) is 10.5. The minimum absolute atomic E-state index is 0.441. The molecule has 17 heavy (non-hydrogen) atoms. The first-order valence-corrected chi connectivity index (χ1v) is 5.87. The molecule has 0 saturated heterocycles. The smallest absolute Gasteiger partial charge is 0.153 e. The zero-order valence-corrected chi connectivity index (χ0v) is 10.5. The number of nitrogens with zero attached hydrogens (tertiary/aromatic N) is 3. The third-order valence-corrected chi connectivity index (χ3v) is 2.59. The van der Waals surface area contributed by atoms with Crippen LogP contribution in [0.15, 0.2) is 30.5 Å². The second-order valence-corrected chi connectivity index (χ2v) is 4.36. The van der Waals surface area contributed by atoms with E-state index >= 15 is 0 Å². The molecule has 0 aliphatic carbocycles. The van der Waals surface area contributed by atoms with Gasteiger partial charge in [0, 0.05) is 12.7 Å². The minimum Gasteiger partial charge on any atom is -0.314 e. The number of aromatic nitrogens is 3. The van der Waals surface area contributed by atoms with Crippen LogP contribution in [0.4, 0.5) is 0 Å². The Labute approximate surface area is 102 Å². The summed E-state index contributed by atoms with van der Waals surface area (Å²) in [5.74, 6) is 1.31. The Morgan fingerprint density at radius 1 is 1.29 bits per heavy atom. The van der Waals surface area contributed by atoms with E-state index in [4.69, 9.17) is 0 Å². The Balaban J connectivity index is 2.28. The summed E-state index contributed by atoms with van der Waals surface area (Å²) in [6.07, 6.45) is 1.96. The summed E-state index contributed by atoms with van der Waals surface area (Å²) < 4.78 is 1.83. The molecule has 0 atom stereocenters. The predicted octanol–water partition coefficient (Wildman–Crippen LogP) is 2.11. The molecule has 1 N–H and O–H groups in total. The van der Waals surface area contributed by atoms with Crippen molar-refractivity contribution in [1.82, 2.24) is 20.1 Å². The van der Waals surface area contributed by atoms with E-state index in [0.717, 1.165) is 23.8 Å². The molecule has 4 heteroatoms. The molecule has 0 saturated carbocycles. The van der Waals surface area contributed by atoms with Gasteiger partial charge in [0.25, 0.3) is 0 Å². The second-order valence-electron chi connectivity index (χ2n) is 4.36. The van der Waals surface area contributed by atoms with Crippen molar-refractivity contribution < 1.29 is 0 Å². The molecule has 2 aromatic heterocycles. The Bertz CT molecular complexity index is 488. The van der Waals surface area contributed by atoms with Gasteiger partial charge in [-0.25, -0.2) is 9.67 Å². The molecule has 2 rings (SSSR count). The van der Waals surface area contributed by atoms with Crippen molar-refractivity contribution in [3.8, 4) is 5.82 Å².